The molecule has 4 nitrogen and oxygen atoms in total. The van der Waals surface area contributed by atoms with Crippen LogP contribution in [0.15, 0.2) is 0 Å². The van der Waals surface area contributed by atoms with Crippen LogP contribution in [-0.4, -0.2) is 47.2 Å². The van der Waals surface area contributed by atoms with E-state index in [1.807, 2.05) is 0 Å². The Bertz CT molecular complexity index is 375. The highest BCUT2D eigenvalue weighted by atomic mass is 16.3. The lowest BCUT2D eigenvalue weighted by atomic mass is 9.78. The number of hydrogen-bond donors (Lipinski definition) is 2. The lowest BCUT2D eigenvalue weighted by molar-refractivity contribution is -0.137. The minimum atomic E-state index is -0.479. The van der Waals surface area contributed by atoms with Crippen molar-refractivity contribution in [1.82, 2.24) is 10.2 Å². The molecule has 0 aromatic rings. The molecular weight excluding hydrogens is 252 g/mol. The van der Waals surface area contributed by atoms with Crippen LogP contribution < -0.4 is 5.32 Å². The van der Waals surface area contributed by atoms with Crippen molar-refractivity contribution < 1.29 is 9.90 Å². The smallest absolute Gasteiger partial charge is 0.234 e. The fourth-order valence-corrected chi connectivity index (χ4v) is 3.96. The zero-order valence-electron chi connectivity index (χ0n) is 12.8. The molecule has 3 atom stereocenters. The quantitative estimate of drug-likeness (QED) is 0.818. The van der Waals surface area contributed by atoms with E-state index in [1.54, 1.807) is 0 Å². The van der Waals surface area contributed by atoms with E-state index in [9.17, 15) is 9.90 Å². The number of carbonyl (C=O) groups excluding carboxylic acids is 1. The fraction of sp³-hybridized carbons (Fsp3) is 0.938. The van der Waals surface area contributed by atoms with Gasteiger partial charge in [0, 0.05) is 19.1 Å². The summed E-state index contributed by atoms with van der Waals surface area (Å²) < 4.78 is 0. The van der Waals surface area contributed by atoms with Gasteiger partial charge in [-0.3, -0.25) is 9.69 Å². The van der Waals surface area contributed by atoms with Gasteiger partial charge in [-0.1, -0.05) is 26.7 Å². The van der Waals surface area contributed by atoms with E-state index in [-0.39, 0.29) is 5.91 Å². The van der Waals surface area contributed by atoms with Crippen LogP contribution in [0.1, 0.15) is 46.0 Å². The average Bonchev–Trinajstić information content (AvgIpc) is 3.17. The van der Waals surface area contributed by atoms with Gasteiger partial charge in [0.25, 0.3) is 0 Å². The maximum absolute atomic E-state index is 12.1. The largest absolute Gasteiger partial charge is 0.387 e. The molecule has 0 aromatic carbocycles. The van der Waals surface area contributed by atoms with Gasteiger partial charge in [-0.2, -0.15) is 0 Å². The lowest BCUT2D eigenvalue weighted by Gasteiger charge is -2.47. The zero-order valence-corrected chi connectivity index (χ0v) is 12.8. The highest BCUT2D eigenvalue weighted by Gasteiger charge is 2.52. The summed E-state index contributed by atoms with van der Waals surface area (Å²) in [5, 5.41) is 13.5. The summed E-state index contributed by atoms with van der Waals surface area (Å²) in [7, 11) is 0. The number of rotatable bonds is 4. The molecule has 3 aliphatic rings. The van der Waals surface area contributed by atoms with Crippen molar-refractivity contribution in [2.24, 2.45) is 17.8 Å². The molecule has 2 N–H and O–H groups in total. The lowest BCUT2D eigenvalue weighted by Crippen LogP contribution is -2.64. The third-order valence-electron chi connectivity index (χ3n) is 5.75. The fourth-order valence-electron chi connectivity index (χ4n) is 3.96. The predicted molar refractivity (Wildman–Crippen MR) is 78.2 cm³/mol. The molecule has 4 heteroatoms. The molecule has 2 aliphatic carbocycles. The van der Waals surface area contributed by atoms with Crippen molar-refractivity contribution in [3.8, 4) is 0 Å². The van der Waals surface area contributed by atoms with Crippen molar-refractivity contribution in [3.05, 3.63) is 0 Å². The normalized spacial score (nSPS) is 37.2. The SMILES string of the molecule is CC1CCCC(NC(=O)CN2CC(O)(C3CC3)C2)C1C. The van der Waals surface area contributed by atoms with Gasteiger partial charge < -0.3 is 10.4 Å². The summed E-state index contributed by atoms with van der Waals surface area (Å²) in [5.74, 6) is 1.92. The first-order chi connectivity index (χ1) is 9.48. The molecule has 3 rings (SSSR count). The summed E-state index contributed by atoms with van der Waals surface area (Å²) >= 11 is 0. The molecule has 20 heavy (non-hydrogen) atoms. The van der Waals surface area contributed by atoms with Crippen LogP contribution in [0.4, 0.5) is 0 Å². The molecule has 2 saturated carbocycles. The molecule has 114 valence electrons. The number of amides is 1. The van der Waals surface area contributed by atoms with Gasteiger partial charge in [-0.25, -0.2) is 0 Å². The number of β-amino-alcohol motifs (C(OH)–C–C–N with tert-alkyl or cyclic N) is 1. The molecule has 0 bridgehead atoms. The molecule has 1 amide bonds. The van der Waals surface area contributed by atoms with Crippen LogP contribution in [0.25, 0.3) is 0 Å². The molecule has 0 radical (unpaired) electrons. The second kappa shape index (κ2) is 5.30. The number of nitrogens with zero attached hydrogens (tertiary/aromatic N) is 1. The van der Waals surface area contributed by atoms with Gasteiger partial charge in [0.2, 0.25) is 5.91 Å². The second-order valence-corrected chi connectivity index (χ2v) is 7.46. The minimum absolute atomic E-state index is 0.133. The number of hydrogen-bond acceptors (Lipinski definition) is 3. The maximum Gasteiger partial charge on any atom is 0.234 e. The van der Waals surface area contributed by atoms with Gasteiger partial charge in [-0.15, -0.1) is 0 Å². The summed E-state index contributed by atoms with van der Waals surface area (Å²) in [5.41, 5.74) is -0.479. The predicted octanol–water partition coefficient (Wildman–Crippen LogP) is 1.38. The van der Waals surface area contributed by atoms with E-state index < -0.39 is 5.60 Å². The summed E-state index contributed by atoms with van der Waals surface area (Å²) in [4.78, 5) is 14.2. The van der Waals surface area contributed by atoms with Crippen molar-refractivity contribution in [2.75, 3.05) is 19.6 Å². The van der Waals surface area contributed by atoms with Crippen molar-refractivity contribution >= 4 is 5.91 Å². The maximum atomic E-state index is 12.1. The highest BCUT2D eigenvalue weighted by molar-refractivity contribution is 5.78. The van der Waals surface area contributed by atoms with Crippen LogP contribution in [0, 0.1) is 17.8 Å². The zero-order chi connectivity index (χ0) is 14.3. The first-order valence-corrected chi connectivity index (χ1v) is 8.22. The molecule has 0 aromatic heterocycles. The first kappa shape index (κ1) is 14.3. The van der Waals surface area contributed by atoms with Gasteiger partial charge in [0.05, 0.1) is 12.1 Å². The van der Waals surface area contributed by atoms with Gasteiger partial charge in [-0.05, 0) is 37.0 Å². The molecular formula is C16H28N2O2. The van der Waals surface area contributed by atoms with E-state index in [4.69, 9.17) is 0 Å². The van der Waals surface area contributed by atoms with E-state index >= 15 is 0 Å². The van der Waals surface area contributed by atoms with Crippen LogP contribution in [0.3, 0.4) is 0 Å². The third kappa shape index (κ3) is 2.86. The summed E-state index contributed by atoms with van der Waals surface area (Å²) in [6.45, 7) is 6.36. The van der Waals surface area contributed by atoms with Crippen molar-refractivity contribution in [2.45, 2.75) is 57.6 Å². The number of likely N-dealkylation sites (tertiary alicyclic amines) is 1. The van der Waals surface area contributed by atoms with Crippen LogP contribution >= 0.6 is 0 Å². The average molecular weight is 280 g/mol. The minimum Gasteiger partial charge on any atom is -0.387 e. The Labute approximate surface area is 121 Å². The van der Waals surface area contributed by atoms with Crippen LogP contribution in [-0.2, 0) is 4.79 Å². The number of carbonyl (C=O) groups is 1. The monoisotopic (exact) mass is 280 g/mol. The van der Waals surface area contributed by atoms with Gasteiger partial charge in [0.15, 0.2) is 0 Å². The van der Waals surface area contributed by atoms with Gasteiger partial charge >= 0.3 is 0 Å². The van der Waals surface area contributed by atoms with Gasteiger partial charge in [0.1, 0.15) is 0 Å². The summed E-state index contributed by atoms with van der Waals surface area (Å²) in [6, 6.07) is 0.342. The van der Waals surface area contributed by atoms with Crippen LogP contribution in [0.5, 0.6) is 0 Å². The first-order valence-electron chi connectivity index (χ1n) is 8.22. The molecule has 3 unspecified atom stereocenters. The highest BCUT2D eigenvalue weighted by Crippen LogP contribution is 2.44. The molecule has 3 fully saturated rings. The van der Waals surface area contributed by atoms with E-state index in [0.29, 0.717) is 43.4 Å². The molecule has 1 heterocycles. The van der Waals surface area contributed by atoms with Crippen molar-refractivity contribution in [1.29, 1.82) is 0 Å². The van der Waals surface area contributed by atoms with E-state index in [1.165, 1.54) is 12.8 Å². The van der Waals surface area contributed by atoms with Crippen molar-refractivity contribution in [3.63, 3.8) is 0 Å². The standard InChI is InChI=1S/C16H28N2O2/c1-11-4-3-5-14(12(11)2)17-15(19)8-18-9-16(20,10-18)13-6-7-13/h11-14,20H,3-10H2,1-2H3,(H,17,19). The van der Waals surface area contributed by atoms with E-state index in [0.717, 1.165) is 19.3 Å². The third-order valence-corrected chi connectivity index (χ3v) is 5.75. The number of nitrogens with one attached hydrogen (secondary N) is 1. The Morgan fingerprint density at radius 1 is 1.25 bits per heavy atom. The Balaban J connectivity index is 1.41. The molecule has 0 spiro atoms. The Morgan fingerprint density at radius 2 is 1.95 bits per heavy atom. The van der Waals surface area contributed by atoms with E-state index in [2.05, 4.69) is 24.1 Å². The second-order valence-electron chi connectivity index (χ2n) is 7.46. The summed E-state index contributed by atoms with van der Waals surface area (Å²) in [6.07, 6.45) is 5.95. The molecule has 1 aliphatic heterocycles. The topological polar surface area (TPSA) is 52.6 Å². The number of aliphatic hydroxyl groups is 1. The van der Waals surface area contributed by atoms with Crippen LogP contribution in [0.2, 0.25) is 0 Å². The Hall–Kier alpha value is -0.610. The Morgan fingerprint density at radius 3 is 2.60 bits per heavy atom. The molecule has 1 saturated heterocycles. The Kier molecular flexibility index (Phi) is 3.80.